The minimum atomic E-state index is 0.158. The highest BCUT2D eigenvalue weighted by molar-refractivity contribution is 5.38. The van der Waals surface area contributed by atoms with Crippen molar-refractivity contribution in [1.29, 1.82) is 5.26 Å². The van der Waals surface area contributed by atoms with Crippen LogP contribution in [0, 0.1) is 11.3 Å². The van der Waals surface area contributed by atoms with Crippen LogP contribution in [0.3, 0.4) is 0 Å². The fourth-order valence-corrected chi connectivity index (χ4v) is 0.891. The van der Waals surface area contributed by atoms with Gasteiger partial charge in [0, 0.05) is 13.2 Å². The Morgan fingerprint density at radius 3 is 3.08 bits per heavy atom. The van der Waals surface area contributed by atoms with Crippen molar-refractivity contribution in [3.8, 4) is 6.07 Å². The van der Waals surface area contributed by atoms with Gasteiger partial charge in [-0.2, -0.15) is 5.26 Å². The smallest absolute Gasteiger partial charge is 0.142 e. The molecule has 0 aliphatic rings. The summed E-state index contributed by atoms with van der Waals surface area (Å²) in [5.41, 5.74) is 0.397. The number of nitriles is 1. The highest BCUT2D eigenvalue weighted by atomic mass is 16.3. The number of aliphatic hydroxyl groups is 1. The van der Waals surface area contributed by atoms with Gasteiger partial charge in [0.05, 0.1) is 0 Å². The molecule has 1 aromatic rings. The van der Waals surface area contributed by atoms with Gasteiger partial charge in [0.1, 0.15) is 17.6 Å². The average molecular weight is 177 g/mol. The Balaban J connectivity index is 2.52. The van der Waals surface area contributed by atoms with E-state index in [1.54, 1.807) is 18.2 Å². The van der Waals surface area contributed by atoms with Gasteiger partial charge < -0.3 is 10.4 Å². The maximum absolute atomic E-state index is 8.55. The average Bonchev–Trinajstić information content (AvgIpc) is 2.19. The van der Waals surface area contributed by atoms with Gasteiger partial charge in [-0.15, -0.1) is 0 Å². The zero-order valence-corrected chi connectivity index (χ0v) is 7.20. The Morgan fingerprint density at radius 1 is 1.54 bits per heavy atom. The summed E-state index contributed by atoms with van der Waals surface area (Å²) < 4.78 is 0. The molecule has 13 heavy (non-hydrogen) atoms. The Labute approximate surface area is 76.8 Å². The lowest BCUT2D eigenvalue weighted by Crippen LogP contribution is -2.05. The Bertz CT molecular complexity index is 306. The molecule has 0 saturated heterocycles. The van der Waals surface area contributed by atoms with Gasteiger partial charge in [-0.25, -0.2) is 4.98 Å². The fourth-order valence-electron chi connectivity index (χ4n) is 0.891. The van der Waals surface area contributed by atoms with Crippen LogP contribution in [0.1, 0.15) is 12.1 Å². The number of nitrogens with one attached hydrogen (secondary N) is 1. The van der Waals surface area contributed by atoms with E-state index in [0.717, 1.165) is 0 Å². The van der Waals surface area contributed by atoms with E-state index >= 15 is 0 Å². The molecule has 4 heteroatoms. The lowest BCUT2D eigenvalue weighted by atomic mass is 10.3. The molecule has 1 aromatic heterocycles. The number of nitrogens with zero attached hydrogens (tertiary/aromatic N) is 2. The van der Waals surface area contributed by atoms with Crippen molar-refractivity contribution in [2.45, 2.75) is 6.42 Å². The second kappa shape index (κ2) is 5.12. The second-order valence-electron chi connectivity index (χ2n) is 2.52. The SMILES string of the molecule is N#Cc1cccc(NCCCO)n1. The van der Waals surface area contributed by atoms with Crippen LogP contribution < -0.4 is 5.32 Å². The van der Waals surface area contributed by atoms with Crippen LogP contribution in [0.25, 0.3) is 0 Å². The summed E-state index contributed by atoms with van der Waals surface area (Å²) in [7, 11) is 0. The first-order valence-corrected chi connectivity index (χ1v) is 4.08. The molecule has 0 aliphatic carbocycles. The van der Waals surface area contributed by atoms with E-state index in [9.17, 15) is 0 Å². The van der Waals surface area contributed by atoms with Gasteiger partial charge in [0.2, 0.25) is 0 Å². The van der Waals surface area contributed by atoms with E-state index in [1.807, 2.05) is 6.07 Å². The lowest BCUT2D eigenvalue weighted by Gasteiger charge is -2.03. The molecule has 4 nitrogen and oxygen atoms in total. The summed E-state index contributed by atoms with van der Waals surface area (Å²) in [5.74, 6) is 0.674. The molecule has 68 valence electrons. The van der Waals surface area contributed by atoms with Gasteiger partial charge in [-0.3, -0.25) is 0 Å². The molecular weight excluding hydrogens is 166 g/mol. The van der Waals surface area contributed by atoms with Gasteiger partial charge in [-0.1, -0.05) is 6.07 Å². The van der Waals surface area contributed by atoms with Crippen molar-refractivity contribution in [2.75, 3.05) is 18.5 Å². The molecule has 0 spiro atoms. The normalized spacial score (nSPS) is 9.23. The van der Waals surface area contributed by atoms with Crippen LogP contribution in [0.5, 0.6) is 0 Å². The van der Waals surface area contributed by atoms with Gasteiger partial charge in [0.25, 0.3) is 0 Å². The third kappa shape index (κ3) is 3.09. The molecule has 1 rings (SSSR count). The maximum atomic E-state index is 8.55. The quantitative estimate of drug-likeness (QED) is 0.666. The van der Waals surface area contributed by atoms with E-state index in [0.29, 0.717) is 24.5 Å². The predicted octanol–water partition coefficient (Wildman–Crippen LogP) is 0.748. The van der Waals surface area contributed by atoms with Crippen molar-refractivity contribution < 1.29 is 5.11 Å². The molecule has 0 bridgehead atoms. The van der Waals surface area contributed by atoms with Crippen molar-refractivity contribution >= 4 is 5.82 Å². The Hall–Kier alpha value is -1.60. The molecule has 0 unspecified atom stereocenters. The molecule has 0 amide bonds. The summed E-state index contributed by atoms with van der Waals surface area (Å²) in [5, 5.41) is 20.1. The molecule has 2 N–H and O–H groups in total. The van der Waals surface area contributed by atoms with Crippen LogP contribution in [0.4, 0.5) is 5.82 Å². The molecule has 0 atom stereocenters. The summed E-state index contributed by atoms with van der Waals surface area (Å²) in [6.45, 7) is 0.823. The highest BCUT2D eigenvalue weighted by Crippen LogP contribution is 2.03. The summed E-state index contributed by atoms with van der Waals surface area (Å²) in [4.78, 5) is 4.01. The molecule has 0 saturated carbocycles. The van der Waals surface area contributed by atoms with Crippen molar-refractivity contribution in [3.05, 3.63) is 23.9 Å². The number of pyridine rings is 1. The molecule has 0 fully saturated rings. The minimum Gasteiger partial charge on any atom is -0.396 e. The van der Waals surface area contributed by atoms with Crippen LogP contribution in [0.15, 0.2) is 18.2 Å². The number of rotatable bonds is 4. The zero-order chi connectivity index (χ0) is 9.52. The van der Waals surface area contributed by atoms with Crippen LogP contribution in [0.2, 0.25) is 0 Å². The van der Waals surface area contributed by atoms with Gasteiger partial charge >= 0.3 is 0 Å². The molecule has 0 radical (unpaired) electrons. The summed E-state index contributed by atoms with van der Waals surface area (Å²) in [6.07, 6.45) is 0.679. The zero-order valence-electron chi connectivity index (χ0n) is 7.20. The summed E-state index contributed by atoms with van der Waals surface area (Å²) in [6, 6.07) is 7.17. The summed E-state index contributed by atoms with van der Waals surface area (Å²) >= 11 is 0. The fraction of sp³-hybridized carbons (Fsp3) is 0.333. The van der Waals surface area contributed by atoms with Crippen LogP contribution in [-0.2, 0) is 0 Å². The lowest BCUT2D eigenvalue weighted by molar-refractivity contribution is 0.292. The topological polar surface area (TPSA) is 68.9 Å². The van der Waals surface area contributed by atoms with E-state index in [4.69, 9.17) is 10.4 Å². The molecular formula is C9H11N3O. The largest absolute Gasteiger partial charge is 0.396 e. The van der Waals surface area contributed by atoms with Gasteiger partial charge in [0.15, 0.2) is 0 Å². The number of aliphatic hydroxyl groups excluding tert-OH is 1. The van der Waals surface area contributed by atoms with Crippen LogP contribution >= 0.6 is 0 Å². The minimum absolute atomic E-state index is 0.158. The standard InChI is InChI=1S/C9H11N3O/c10-7-8-3-1-4-9(12-8)11-5-2-6-13/h1,3-4,13H,2,5-6H2,(H,11,12). The van der Waals surface area contributed by atoms with Crippen LogP contribution in [-0.4, -0.2) is 23.2 Å². The van der Waals surface area contributed by atoms with Gasteiger partial charge in [-0.05, 0) is 18.6 Å². The van der Waals surface area contributed by atoms with E-state index in [-0.39, 0.29) is 6.61 Å². The van der Waals surface area contributed by atoms with Crippen molar-refractivity contribution in [1.82, 2.24) is 4.98 Å². The van der Waals surface area contributed by atoms with E-state index in [1.165, 1.54) is 0 Å². The Kier molecular flexibility index (Phi) is 3.74. The van der Waals surface area contributed by atoms with Crippen molar-refractivity contribution in [2.24, 2.45) is 0 Å². The third-order valence-corrected chi connectivity index (χ3v) is 1.50. The van der Waals surface area contributed by atoms with Crippen molar-refractivity contribution in [3.63, 3.8) is 0 Å². The molecule has 0 aromatic carbocycles. The first-order chi connectivity index (χ1) is 6.36. The molecule has 1 heterocycles. The molecule has 0 aliphatic heterocycles. The number of anilines is 1. The highest BCUT2D eigenvalue weighted by Gasteiger charge is 1.94. The third-order valence-electron chi connectivity index (χ3n) is 1.50. The maximum Gasteiger partial charge on any atom is 0.142 e. The number of hydrogen-bond donors (Lipinski definition) is 2. The Morgan fingerprint density at radius 2 is 2.38 bits per heavy atom. The van der Waals surface area contributed by atoms with E-state index < -0.39 is 0 Å². The van der Waals surface area contributed by atoms with E-state index in [2.05, 4.69) is 10.3 Å². The predicted molar refractivity (Wildman–Crippen MR) is 49.1 cm³/mol. The number of hydrogen-bond acceptors (Lipinski definition) is 4. The second-order valence-corrected chi connectivity index (χ2v) is 2.52. The first-order valence-electron chi connectivity index (χ1n) is 4.08. The monoisotopic (exact) mass is 177 g/mol. The first kappa shape index (κ1) is 9.49. The number of aromatic nitrogens is 1.